The molecule has 6 heteroatoms. The SMILES string of the molecule is O=C(/C=C/c1cccc2ccccc12)c1ccc(OCc2cn(Cc3ccccc3)nn2)cc1O. The minimum Gasteiger partial charge on any atom is -0.507 e. The van der Waals surface area contributed by atoms with Gasteiger partial charge in [0.1, 0.15) is 23.8 Å². The van der Waals surface area contributed by atoms with Gasteiger partial charge >= 0.3 is 0 Å². The summed E-state index contributed by atoms with van der Waals surface area (Å²) in [7, 11) is 0. The first-order valence-corrected chi connectivity index (χ1v) is 11.2. The summed E-state index contributed by atoms with van der Waals surface area (Å²) >= 11 is 0. The molecule has 0 saturated carbocycles. The highest BCUT2D eigenvalue weighted by Gasteiger charge is 2.11. The zero-order valence-corrected chi connectivity index (χ0v) is 18.9. The Balaban J connectivity index is 1.22. The molecule has 4 aromatic carbocycles. The van der Waals surface area contributed by atoms with Gasteiger partial charge in [0.25, 0.3) is 0 Å². The first-order chi connectivity index (χ1) is 17.2. The second-order valence-corrected chi connectivity index (χ2v) is 8.13. The first kappa shape index (κ1) is 22.1. The fourth-order valence-corrected chi connectivity index (χ4v) is 3.87. The number of fused-ring (bicyclic) bond motifs is 1. The van der Waals surface area contributed by atoms with Crippen molar-refractivity contribution in [1.82, 2.24) is 15.0 Å². The third-order valence-corrected chi connectivity index (χ3v) is 5.63. The number of aromatic hydroxyl groups is 1. The van der Waals surface area contributed by atoms with Gasteiger partial charge in [-0.05, 0) is 40.1 Å². The minimum atomic E-state index is -0.286. The number of hydrogen-bond acceptors (Lipinski definition) is 5. The molecule has 0 bridgehead atoms. The standard InChI is InChI=1S/C29H23N3O3/c33-28(16-13-23-11-6-10-22-9-4-5-12-26(22)23)27-15-14-25(17-29(27)34)35-20-24-19-32(31-30-24)18-21-7-2-1-3-8-21/h1-17,19,34H,18,20H2/b16-13+. The van der Waals surface area contributed by atoms with Gasteiger partial charge in [0.2, 0.25) is 0 Å². The molecule has 6 nitrogen and oxygen atoms in total. The van der Waals surface area contributed by atoms with E-state index >= 15 is 0 Å². The van der Waals surface area contributed by atoms with Crippen molar-refractivity contribution in [1.29, 1.82) is 0 Å². The average molecular weight is 462 g/mol. The Labute approximate surface area is 202 Å². The molecule has 5 aromatic rings. The molecule has 0 saturated heterocycles. The lowest BCUT2D eigenvalue weighted by molar-refractivity contribution is 0.104. The van der Waals surface area contributed by atoms with Crippen LogP contribution in [0.3, 0.4) is 0 Å². The molecule has 1 heterocycles. The first-order valence-electron chi connectivity index (χ1n) is 11.2. The van der Waals surface area contributed by atoms with Crippen LogP contribution in [0.15, 0.2) is 103 Å². The summed E-state index contributed by atoms with van der Waals surface area (Å²) in [6, 6.07) is 28.6. The predicted octanol–water partition coefficient (Wildman–Crippen LogP) is 5.66. The summed E-state index contributed by atoms with van der Waals surface area (Å²) in [6.45, 7) is 0.820. The number of benzene rings is 4. The van der Waals surface area contributed by atoms with E-state index in [0.29, 0.717) is 18.0 Å². The number of hydrogen-bond donors (Lipinski definition) is 1. The number of carbonyl (C=O) groups is 1. The highest BCUT2D eigenvalue weighted by atomic mass is 16.5. The van der Waals surface area contributed by atoms with Crippen molar-refractivity contribution >= 4 is 22.6 Å². The van der Waals surface area contributed by atoms with Crippen LogP contribution in [0.5, 0.6) is 11.5 Å². The van der Waals surface area contributed by atoms with Crippen LogP contribution in [0.4, 0.5) is 0 Å². The number of nitrogens with zero attached hydrogens (tertiary/aromatic N) is 3. The summed E-state index contributed by atoms with van der Waals surface area (Å²) in [6.07, 6.45) is 5.07. The number of ketones is 1. The number of rotatable bonds is 8. The van der Waals surface area contributed by atoms with Crippen LogP contribution >= 0.6 is 0 Å². The lowest BCUT2D eigenvalue weighted by Gasteiger charge is -2.07. The maximum Gasteiger partial charge on any atom is 0.189 e. The van der Waals surface area contributed by atoms with Gasteiger partial charge in [-0.3, -0.25) is 4.79 Å². The van der Waals surface area contributed by atoms with E-state index in [1.54, 1.807) is 22.9 Å². The van der Waals surface area contributed by atoms with Crippen molar-refractivity contribution < 1.29 is 14.6 Å². The molecule has 0 fully saturated rings. The second kappa shape index (κ2) is 10.1. The zero-order chi connectivity index (χ0) is 24.0. The van der Waals surface area contributed by atoms with Crippen LogP contribution < -0.4 is 4.74 Å². The maximum absolute atomic E-state index is 12.7. The van der Waals surface area contributed by atoms with Gasteiger partial charge in [0, 0.05) is 6.07 Å². The number of phenolic OH excluding ortho intramolecular Hbond substituents is 1. The molecule has 0 radical (unpaired) electrons. The van der Waals surface area contributed by atoms with Crippen LogP contribution in [-0.4, -0.2) is 25.9 Å². The molecule has 1 aromatic heterocycles. The monoisotopic (exact) mass is 461 g/mol. The quantitative estimate of drug-likeness (QED) is 0.238. The van der Waals surface area contributed by atoms with Gasteiger partial charge in [0.15, 0.2) is 5.78 Å². The topological polar surface area (TPSA) is 77.2 Å². The van der Waals surface area contributed by atoms with Crippen molar-refractivity contribution in [3.8, 4) is 11.5 Å². The Morgan fingerprint density at radius 1 is 0.943 bits per heavy atom. The van der Waals surface area contributed by atoms with E-state index in [9.17, 15) is 9.90 Å². The van der Waals surface area contributed by atoms with E-state index in [1.807, 2.05) is 79.0 Å². The second-order valence-electron chi connectivity index (χ2n) is 8.13. The average Bonchev–Trinajstić information content (AvgIpc) is 3.34. The molecule has 0 spiro atoms. The summed E-state index contributed by atoms with van der Waals surface area (Å²) in [5, 5.41) is 20.9. The van der Waals surface area contributed by atoms with Gasteiger partial charge in [-0.15, -0.1) is 5.10 Å². The molecule has 0 aliphatic rings. The number of carbonyl (C=O) groups excluding carboxylic acids is 1. The predicted molar refractivity (Wildman–Crippen MR) is 135 cm³/mol. The number of phenols is 1. The fraction of sp³-hybridized carbons (Fsp3) is 0.0690. The van der Waals surface area contributed by atoms with Crippen molar-refractivity contribution in [2.24, 2.45) is 0 Å². The van der Waals surface area contributed by atoms with Crippen molar-refractivity contribution in [2.75, 3.05) is 0 Å². The summed E-state index contributed by atoms with van der Waals surface area (Å²) in [5.41, 5.74) is 2.95. The summed E-state index contributed by atoms with van der Waals surface area (Å²) in [4.78, 5) is 12.7. The largest absolute Gasteiger partial charge is 0.507 e. The van der Waals surface area contributed by atoms with E-state index < -0.39 is 0 Å². The molecule has 0 aliphatic carbocycles. The molecule has 172 valence electrons. The highest BCUT2D eigenvalue weighted by molar-refractivity contribution is 6.09. The van der Waals surface area contributed by atoms with Crippen LogP contribution in [0.25, 0.3) is 16.8 Å². The minimum absolute atomic E-state index is 0.136. The van der Waals surface area contributed by atoms with Gasteiger partial charge in [-0.1, -0.05) is 84.1 Å². The molecule has 1 N–H and O–H groups in total. The maximum atomic E-state index is 12.7. The fourth-order valence-electron chi connectivity index (χ4n) is 3.87. The Morgan fingerprint density at radius 3 is 2.60 bits per heavy atom. The van der Waals surface area contributed by atoms with Gasteiger partial charge in [-0.25, -0.2) is 4.68 Å². The summed E-state index contributed by atoms with van der Waals surface area (Å²) < 4.78 is 7.49. The van der Waals surface area contributed by atoms with Crippen LogP contribution in [-0.2, 0) is 13.2 Å². The van der Waals surface area contributed by atoms with E-state index in [1.165, 1.54) is 12.1 Å². The van der Waals surface area contributed by atoms with Crippen LogP contribution in [0.2, 0.25) is 0 Å². The van der Waals surface area contributed by atoms with Gasteiger partial charge in [0.05, 0.1) is 18.3 Å². The Hall–Kier alpha value is -4.71. The molecular formula is C29H23N3O3. The molecule has 5 rings (SSSR count). The lowest BCUT2D eigenvalue weighted by atomic mass is 10.0. The highest BCUT2D eigenvalue weighted by Crippen LogP contribution is 2.26. The smallest absolute Gasteiger partial charge is 0.189 e. The van der Waals surface area contributed by atoms with E-state index in [2.05, 4.69) is 10.3 Å². The number of ether oxygens (including phenoxy) is 1. The Morgan fingerprint density at radius 2 is 1.74 bits per heavy atom. The molecular weight excluding hydrogens is 438 g/mol. The Kier molecular flexibility index (Phi) is 6.35. The van der Waals surface area contributed by atoms with E-state index in [-0.39, 0.29) is 23.7 Å². The van der Waals surface area contributed by atoms with E-state index in [4.69, 9.17) is 4.74 Å². The normalized spacial score (nSPS) is 11.2. The molecule has 0 amide bonds. The van der Waals surface area contributed by atoms with Crippen molar-refractivity contribution in [2.45, 2.75) is 13.2 Å². The number of aromatic nitrogens is 3. The van der Waals surface area contributed by atoms with Crippen molar-refractivity contribution in [3.05, 3.63) is 126 Å². The lowest BCUT2D eigenvalue weighted by Crippen LogP contribution is -2.00. The zero-order valence-electron chi connectivity index (χ0n) is 18.9. The molecule has 0 atom stereocenters. The van der Waals surface area contributed by atoms with Gasteiger partial charge in [-0.2, -0.15) is 0 Å². The Bertz CT molecular complexity index is 1500. The van der Waals surface area contributed by atoms with Crippen LogP contribution in [0.1, 0.15) is 27.2 Å². The van der Waals surface area contributed by atoms with Crippen molar-refractivity contribution in [3.63, 3.8) is 0 Å². The molecule has 35 heavy (non-hydrogen) atoms. The molecule has 0 unspecified atom stereocenters. The van der Waals surface area contributed by atoms with Crippen LogP contribution in [0, 0.1) is 0 Å². The molecule has 0 aliphatic heterocycles. The third kappa shape index (κ3) is 5.28. The summed E-state index contributed by atoms with van der Waals surface area (Å²) in [5.74, 6) is 0.0170. The number of allylic oxidation sites excluding steroid dienone is 1. The third-order valence-electron chi connectivity index (χ3n) is 5.63. The van der Waals surface area contributed by atoms with Gasteiger partial charge < -0.3 is 9.84 Å². The van der Waals surface area contributed by atoms with E-state index in [0.717, 1.165) is 21.9 Å².